The van der Waals surface area contributed by atoms with Crippen molar-refractivity contribution in [3.63, 3.8) is 0 Å². The van der Waals surface area contributed by atoms with E-state index in [0.29, 0.717) is 23.1 Å². The zero-order valence-corrected chi connectivity index (χ0v) is 25.8. The van der Waals surface area contributed by atoms with E-state index in [1.165, 1.54) is 4.90 Å². The van der Waals surface area contributed by atoms with Crippen molar-refractivity contribution in [1.82, 2.24) is 25.0 Å². The second-order valence-corrected chi connectivity index (χ2v) is 12.5. The molecule has 2 aromatic rings. The maximum atomic E-state index is 13.8. The van der Waals surface area contributed by atoms with Crippen molar-refractivity contribution in [2.24, 2.45) is 0 Å². The van der Waals surface area contributed by atoms with Crippen LogP contribution in [0.2, 0.25) is 10.0 Å². The molecule has 2 fully saturated rings. The van der Waals surface area contributed by atoms with Crippen molar-refractivity contribution in [2.75, 3.05) is 46.8 Å². The fourth-order valence-corrected chi connectivity index (χ4v) is 5.99. The average molecular weight is 607 g/mol. The molecule has 2 atom stereocenters. The Hall–Kier alpha value is -2.59. The molecule has 0 unspecified atom stereocenters. The highest BCUT2D eigenvalue weighted by atomic mass is 35.5. The average Bonchev–Trinajstić information content (AvgIpc) is 2.92. The van der Waals surface area contributed by atoms with Gasteiger partial charge in [0.15, 0.2) is 0 Å². The number of likely N-dealkylation sites (N-methyl/N-ethyl adjacent to an activating group) is 1. The van der Waals surface area contributed by atoms with Crippen LogP contribution in [-0.2, 0) is 11.2 Å². The molecule has 0 bridgehead atoms. The van der Waals surface area contributed by atoms with Gasteiger partial charge in [0.2, 0.25) is 5.91 Å². The van der Waals surface area contributed by atoms with Crippen LogP contribution in [0.1, 0.15) is 50.3 Å². The molecule has 0 aliphatic carbocycles. The van der Waals surface area contributed by atoms with Gasteiger partial charge in [-0.3, -0.25) is 9.78 Å². The first-order valence-electron chi connectivity index (χ1n) is 14.2. The van der Waals surface area contributed by atoms with Gasteiger partial charge in [-0.05, 0) is 70.1 Å². The number of rotatable bonds is 10. The summed E-state index contributed by atoms with van der Waals surface area (Å²) in [7, 11) is 4.07. The monoisotopic (exact) mass is 605 g/mol. The maximum Gasteiger partial charge on any atom is 0.318 e. The Labute approximate surface area is 252 Å². The highest BCUT2D eigenvalue weighted by molar-refractivity contribution is 6.35. The van der Waals surface area contributed by atoms with Crippen LogP contribution in [-0.4, -0.2) is 101 Å². The van der Waals surface area contributed by atoms with Crippen LogP contribution in [0.15, 0.2) is 36.5 Å². The van der Waals surface area contributed by atoms with Gasteiger partial charge in [-0.1, -0.05) is 36.2 Å². The Morgan fingerprint density at radius 2 is 1.90 bits per heavy atom. The van der Waals surface area contributed by atoms with E-state index in [1.807, 2.05) is 31.1 Å². The number of ether oxygens (including phenoxy) is 1. The molecule has 224 valence electrons. The first-order chi connectivity index (χ1) is 19.5. The molecule has 2 aliphatic rings. The van der Waals surface area contributed by atoms with Gasteiger partial charge in [-0.15, -0.1) is 0 Å². The highest BCUT2D eigenvalue weighted by Crippen LogP contribution is 2.34. The van der Waals surface area contributed by atoms with Crippen molar-refractivity contribution in [1.29, 1.82) is 0 Å². The van der Waals surface area contributed by atoms with Crippen LogP contribution >= 0.6 is 23.2 Å². The number of hydrogen-bond acceptors (Lipinski definition) is 6. The minimum absolute atomic E-state index is 0.0637. The number of nitrogens with zero attached hydrogens (tertiary/aromatic N) is 4. The van der Waals surface area contributed by atoms with Gasteiger partial charge in [-0.25, -0.2) is 4.79 Å². The molecule has 0 spiro atoms. The maximum absolute atomic E-state index is 13.8. The Kier molecular flexibility index (Phi) is 10.4. The predicted octanol–water partition coefficient (Wildman–Crippen LogP) is 4.20. The van der Waals surface area contributed by atoms with E-state index in [-0.39, 0.29) is 43.5 Å². The van der Waals surface area contributed by atoms with Crippen molar-refractivity contribution in [2.45, 2.75) is 63.2 Å². The van der Waals surface area contributed by atoms with Crippen molar-refractivity contribution >= 4 is 35.1 Å². The number of β-amino-alcohol motifs (C(OH)–C–C–N with tert-alkyl or cyclic N) is 1. The SMILES string of the molecule is CC[C@@H](CN(C)C)Oc1cccnc1C1CCN(C(=O)[C@@H](Cc2ccc(Cl)cc2Cl)NC(=O)N2CC(C)(O)C2)CC1. The number of likely N-dealkylation sites (tertiary alicyclic amines) is 2. The summed E-state index contributed by atoms with van der Waals surface area (Å²) in [4.78, 5) is 36.9. The number of pyridine rings is 1. The molecule has 0 radical (unpaired) electrons. The molecule has 3 amide bonds. The summed E-state index contributed by atoms with van der Waals surface area (Å²) in [6.45, 7) is 6.12. The standard InChI is InChI=1S/C30H41Cl2N5O4/c1-5-23(17-35(3)4)41-26-7-6-12-33-27(26)20-10-13-36(14-11-20)28(38)25(15-21-8-9-22(31)16-24(21)32)34-29(39)37-18-30(2,40)19-37/h6-9,12,16,20,23,25,40H,5,10-11,13-15,17-19H2,1-4H3,(H,34,39)/t23-,25+/m0/s1. The Morgan fingerprint density at radius 1 is 1.20 bits per heavy atom. The predicted molar refractivity (Wildman–Crippen MR) is 161 cm³/mol. The van der Waals surface area contributed by atoms with Crippen LogP contribution in [0.4, 0.5) is 4.79 Å². The fraction of sp³-hybridized carbons (Fsp3) is 0.567. The number of carbonyl (C=O) groups is 2. The van der Waals surface area contributed by atoms with Crippen molar-refractivity contribution < 1.29 is 19.4 Å². The van der Waals surface area contributed by atoms with E-state index in [4.69, 9.17) is 27.9 Å². The smallest absolute Gasteiger partial charge is 0.318 e. The van der Waals surface area contributed by atoms with Crippen LogP contribution in [0, 0.1) is 0 Å². The molecular formula is C30H41Cl2N5O4. The van der Waals surface area contributed by atoms with Gasteiger partial charge < -0.3 is 29.9 Å². The number of nitrogens with one attached hydrogen (secondary N) is 1. The van der Waals surface area contributed by atoms with Crippen LogP contribution in [0.25, 0.3) is 0 Å². The lowest BCUT2D eigenvalue weighted by atomic mass is 9.91. The summed E-state index contributed by atoms with van der Waals surface area (Å²) in [5.74, 6) is 0.803. The number of amides is 3. The third kappa shape index (κ3) is 8.25. The topological polar surface area (TPSA) is 98.2 Å². The summed E-state index contributed by atoms with van der Waals surface area (Å²) in [5, 5.41) is 13.9. The van der Waals surface area contributed by atoms with Gasteiger partial charge >= 0.3 is 6.03 Å². The number of aliphatic hydroxyl groups is 1. The lowest BCUT2D eigenvalue weighted by Gasteiger charge is -2.44. The number of benzene rings is 1. The molecule has 4 rings (SSSR count). The van der Waals surface area contributed by atoms with Crippen LogP contribution in [0.5, 0.6) is 5.75 Å². The second-order valence-electron chi connectivity index (χ2n) is 11.7. The number of hydrogen-bond donors (Lipinski definition) is 2. The number of carbonyl (C=O) groups excluding carboxylic acids is 2. The minimum atomic E-state index is -0.907. The molecule has 11 heteroatoms. The third-order valence-electron chi connectivity index (χ3n) is 7.70. The first kappa shape index (κ1) is 31.3. The molecular weight excluding hydrogens is 565 g/mol. The van der Waals surface area contributed by atoms with E-state index in [2.05, 4.69) is 22.1 Å². The summed E-state index contributed by atoms with van der Waals surface area (Å²) < 4.78 is 6.38. The zero-order valence-electron chi connectivity index (χ0n) is 24.3. The fourth-order valence-electron chi connectivity index (χ4n) is 5.51. The van der Waals surface area contributed by atoms with Crippen molar-refractivity contribution in [3.05, 3.63) is 57.8 Å². The molecule has 3 heterocycles. The van der Waals surface area contributed by atoms with Gasteiger partial charge in [0.05, 0.1) is 24.4 Å². The van der Waals surface area contributed by atoms with Crippen molar-refractivity contribution in [3.8, 4) is 5.75 Å². The highest BCUT2D eigenvalue weighted by Gasteiger charge is 2.41. The molecule has 2 aliphatic heterocycles. The zero-order chi connectivity index (χ0) is 29.7. The molecule has 1 aromatic heterocycles. The normalized spacial score (nSPS) is 18.5. The van der Waals surface area contributed by atoms with Gasteiger partial charge in [0.1, 0.15) is 17.9 Å². The van der Waals surface area contributed by atoms with Crippen LogP contribution in [0.3, 0.4) is 0 Å². The van der Waals surface area contributed by atoms with E-state index in [1.54, 1.807) is 31.3 Å². The lowest BCUT2D eigenvalue weighted by Crippen LogP contribution is -2.65. The second kappa shape index (κ2) is 13.6. The molecule has 0 saturated carbocycles. The Bertz CT molecular complexity index is 1210. The number of halogens is 2. The number of urea groups is 1. The summed E-state index contributed by atoms with van der Waals surface area (Å²) >= 11 is 12.5. The number of aromatic nitrogens is 1. The quantitative estimate of drug-likeness (QED) is 0.421. The van der Waals surface area contributed by atoms with E-state index < -0.39 is 11.6 Å². The van der Waals surface area contributed by atoms with Gasteiger partial charge in [0.25, 0.3) is 0 Å². The molecule has 2 N–H and O–H groups in total. The molecule has 9 nitrogen and oxygen atoms in total. The molecule has 41 heavy (non-hydrogen) atoms. The Morgan fingerprint density at radius 3 is 2.51 bits per heavy atom. The molecule has 2 saturated heterocycles. The Balaban J connectivity index is 1.44. The van der Waals surface area contributed by atoms with Gasteiger partial charge in [-0.2, -0.15) is 0 Å². The van der Waals surface area contributed by atoms with Gasteiger partial charge in [0, 0.05) is 48.2 Å². The third-order valence-corrected chi connectivity index (χ3v) is 8.28. The van der Waals surface area contributed by atoms with E-state index >= 15 is 0 Å². The van der Waals surface area contributed by atoms with E-state index in [0.717, 1.165) is 42.8 Å². The summed E-state index contributed by atoms with van der Waals surface area (Å²) in [5.41, 5.74) is 0.744. The molecule has 1 aromatic carbocycles. The summed E-state index contributed by atoms with van der Waals surface area (Å²) in [6.07, 6.45) is 4.45. The van der Waals surface area contributed by atoms with E-state index in [9.17, 15) is 14.7 Å². The summed E-state index contributed by atoms with van der Waals surface area (Å²) in [6, 6.07) is 7.81. The minimum Gasteiger partial charge on any atom is -0.487 e. The largest absolute Gasteiger partial charge is 0.487 e. The first-order valence-corrected chi connectivity index (χ1v) is 15.0. The lowest BCUT2D eigenvalue weighted by molar-refractivity contribution is -0.134. The van der Waals surface area contributed by atoms with Crippen LogP contribution < -0.4 is 10.1 Å². The number of piperidine rings is 1.